The van der Waals surface area contributed by atoms with Gasteiger partial charge in [0.25, 0.3) is 0 Å². The first-order valence-corrected chi connectivity index (χ1v) is 6.29. The molecular weight excluding hydrogens is 281 g/mol. The summed E-state index contributed by atoms with van der Waals surface area (Å²) in [7, 11) is 1.43. The second-order valence-corrected chi connectivity index (χ2v) is 4.37. The van der Waals surface area contributed by atoms with Crippen molar-refractivity contribution in [2.45, 2.75) is 12.7 Å². The van der Waals surface area contributed by atoms with Gasteiger partial charge in [0.1, 0.15) is 5.75 Å². The fourth-order valence-electron chi connectivity index (χ4n) is 1.86. The lowest BCUT2D eigenvalue weighted by Crippen LogP contribution is -2.21. The maximum absolute atomic E-state index is 12.7. The predicted molar refractivity (Wildman–Crippen MR) is 74.9 cm³/mol. The molecule has 0 aliphatic carbocycles. The summed E-state index contributed by atoms with van der Waals surface area (Å²) in [6.45, 7) is 0.196. The third kappa shape index (κ3) is 4.13. The van der Waals surface area contributed by atoms with Gasteiger partial charge >= 0.3 is 6.18 Å². The van der Waals surface area contributed by atoms with E-state index >= 15 is 0 Å². The van der Waals surface area contributed by atoms with E-state index < -0.39 is 11.7 Å². The molecule has 0 fully saturated rings. The van der Waals surface area contributed by atoms with Gasteiger partial charge in [0, 0.05) is 17.8 Å². The van der Waals surface area contributed by atoms with E-state index in [0.717, 1.165) is 17.8 Å². The molecule has 112 valence electrons. The summed E-state index contributed by atoms with van der Waals surface area (Å²) in [5.41, 5.74) is 6.34. The molecule has 0 amide bonds. The van der Waals surface area contributed by atoms with Crippen LogP contribution in [0, 0.1) is 0 Å². The molecule has 2 aromatic rings. The number of methoxy groups -OCH3 is 1. The van der Waals surface area contributed by atoms with Crippen LogP contribution in [0.5, 0.6) is 5.75 Å². The highest BCUT2D eigenvalue weighted by Gasteiger charge is 2.31. The highest BCUT2D eigenvalue weighted by Crippen LogP contribution is 2.32. The minimum atomic E-state index is -4.37. The first-order chi connectivity index (χ1) is 10.0. The summed E-state index contributed by atoms with van der Waals surface area (Å²) in [5.74, 6) is 0.408. The van der Waals surface area contributed by atoms with Crippen molar-refractivity contribution in [2.24, 2.45) is 0 Å². The average molecular weight is 296 g/mol. The van der Waals surface area contributed by atoms with Crippen LogP contribution in [-0.2, 0) is 12.7 Å². The topological polar surface area (TPSA) is 33.3 Å². The lowest BCUT2D eigenvalue weighted by atomic mass is 10.1. The van der Waals surface area contributed by atoms with Crippen molar-refractivity contribution < 1.29 is 17.9 Å². The second-order valence-electron chi connectivity index (χ2n) is 4.37. The number of para-hydroxylation sites is 1. The Bertz CT molecular complexity index is 585. The zero-order valence-corrected chi connectivity index (χ0v) is 11.4. The normalized spacial score (nSPS) is 11.2. The standard InChI is InChI=1S/C15H15F3N2O/c1-21-14-8-7-12(15(16,17)18)9-11(14)10-19-20-13-5-3-2-4-6-13/h2-9,19-20H,10H2,1H3. The Labute approximate surface area is 120 Å². The van der Waals surface area contributed by atoms with Crippen LogP contribution in [0.3, 0.4) is 0 Å². The maximum Gasteiger partial charge on any atom is 0.416 e. The van der Waals surface area contributed by atoms with E-state index in [9.17, 15) is 13.2 Å². The van der Waals surface area contributed by atoms with Crippen molar-refractivity contribution in [1.82, 2.24) is 5.43 Å². The van der Waals surface area contributed by atoms with Crippen LogP contribution in [0.2, 0.25) is 0 Å². The molecule has 0 aliphatic rings. The second kappa shape index (κ2) is 6.49. The number of hydrazine groups is 1. The van der Waals surface area contributed by atoms with Gasteiger partial charge in [0.2, 0.25) is 0 Å². The maximum atomic E-state index is 12.7. The van der Waals surface area contributed by atoms with Crippen molar-refractivity contribution in [3.63, 3.8) is 0 Å². The molecule has 2 rings (SSSR count). The van der Waals surface area contributed by atoms with E-state index in [-0.39, 0.29) is 6.54 Å². The van der Waals surface area contributed by atoms with E-state index in [4.69, 9.17) is 4.74 Å². The first kappa shape index (κ1) is 15.2. The van der Waals surface area contributed by atoms with Crippen LogP contribution in [-0.4, -0.2) is 7.11 Å². The number of hydrogen-bond acceptors (Lipinski definition) is 3. The predicted octanol–water partition coefficient (Wildman–Crippen LogP) is 3.83. The lowest BCUT2D eigenvalue weighted by molar-refractivity contribution is -0.137. The molecule has 0 atom stereocenters. The van der Waals surface area contributed by atoms with Crippen molar-refractivity contribution >= 4 is 5.69 Å². The van der Waals surface area contributed by atoms with Gasteiger partial charge in [-0.05, 0) is 30.3 Å². The average Bonchev–Trinajstić information content (AvgIpc) is 2.47. The van der Waals surface area contributed by atoms with Crippen LogP contribution < -0.4 is 15.6 Å². The van der Waals surface area contributed by atoms with E-state index in [1.807, 2.05) is 30.3 Å². The highest BCUT2D eigenvalue weighted by molar-refractivity contribution is 5.42. The molecule has 0 saturated heterocycles. The summed E-state index contributed by atoms with van der Waals surface area (Å²) < 4.78 is 43.2. The van der Waals surface area contributed by atoms with Gasteiger partial charge in [-0.3, -0.25) is 0 Å². The first-order valence-electron chi connectivity index (χ1n) is 6.29. The zero-order valence-electron chi connectivity index (χ0n) is 11.4. The van der Waals surface area contributed by atoms with Gasteiger partial charge in [0.15, 0.2) is 0 Å². The molecular formula is C15H15F3N2O. The zero-order chi connectivity index (χ0) is 15.3. The summed E-state index contributed by atoms with van der Waals surface area (Å²) in [6.07, 6.45) is -4.37. The largest absolute Gasteiger partial charge is 0.496 e. The molecule has 0 bridgehead atoms. The molecule has 0 spiro atoms. The molecule has 2 N–H and O–H groups in total. The molecule has 2 aromatic carbocycles. The quantitative estimate of drug-likeness (QED) is 0.823. The summed E-state index contributed by atoms with van der Waals surface area (Å²) in [6, 6.07) is 12.7. The fourth-order valence-corrected chi connectivity index (χ4v) is 1.86. The molecule has 21 heavy (non-hydrogen) atoms. The van der Waals surface area contributed by atoms with E-state index in [1.54, 1.807) is 0 Å². The molecule has 3 nitrogen and oxygen atoms in total. The van der Waals surface area contributed by atoms with Crippen molar-refractivity contribution in [3.8, 4) is 5.75 Å². The molecule has 0 heterocycles. The van der Waals surface area contributed by atoms with Gasteiger partial charge in [-0.15, -0.1) is 0 Å². The fraction of sp³-hybridized carbons (Fsp3) is 0.200. The van der Waals surface area contributed by atoms with Gasteiger partial charge in [-0.25, -0.2) is 5.43 Å². The van der Waals surface area contributed by atoms with E-state index in [2.05, 4.69) is 10.9 Å². The van der Waals surface area contributed by atoms with Crippen molar-refractivity contribution in [1.29, 1.82) is 0 Å². The minimum Gasteiger partial charge on any atom is -0.496 e. The number of alkyl halides is 3. The number of hydrogen-bond donors (Lipinski definition) is 2. The van der Waals surface area contributed by atoms with E-state index in [1.165, 1.54) is 13.2 Å². The van der Waals surface area contributed by atoms with Gasteiger partial charge in [-0.2, -0.15) is 13.2 Å². The highest BCUT2D eigenvalue weighted by atomic mass is 19.4. The molecule has 0 radical (unpaired) electrons. The van der Waals surface area contributed by atoms with Crippen LogP contribution in [0.15, 0.2) is 48.5 Å². The number of anilines is 1. The monoisotopic (exact) mass is 296 g/mol. The Morgan fingerprint density at radius 2 is 1.76 bits per heavy atom. The Balaban J connectivity index is 2.07. The van der Waals surface area contributed by atoms with Gasteiger partial charge in [0.05, 0.1) is 12.7 Å². The third-order valence-corrected chi connectivity index (χ3v) is 2.89. The van der Waals surface area contributed by atoms with Crippen LogP contribution in [0.1, 0.15) is 11.1 Å². The Hall–Kier alpha value is -2.21. The Kier molecular flexibility index (Phi) is 4.70. The minimum absolute atomic E-state index is 0.196. The van der Waals surface area contributed by atoms with Crippen LogP contribution in [0.25, 0.3) is 0 Å². The number of ether oxygens (including phenoxy) is 1. The van der Waals surface area contributed by atoms with Crippen molar-refractivity contribution in [3.05, 3.63) is 59.7 Å². The Morgan fingerprint density at radius 1 is 1.05 bits per heavy atom. The third-order valence-electron chi connectivity index (χ3n) is 2.89. The Morgan fingerprint density at radius 3 is 2.38 bits per heavy atom. The molecule has 0 aliphatic heterocycles. The number of nitrogens with one attached hydrogen (secondary N) is 2. The summed E-state index contributed by atoms with van der Waals surface area (Å²) in [5, 5.41) is 0. The van der Waals surface area contributed by atoms with Crippen molar-refractivity contribution in [2.75, 3.05) is 12.5 Å². The molecule has 0 unspecified atom stereocenters. The molecule has 0 saturated carbocycles. The smallest absolute Gasteiger partial charge is 0.416 e. The summed E-state index contributed by atoms with van der Waals surface area (Å²) in [4.78, 5) is 0. The van der Waals surface area contributed by atoms with Gasteiger partial charge in [-0.1, -0.05) is 18.2 Å². The molecule has 6 heteroatoms. The number of halogens is 3. The van der Waals surface area contributed by atoms with Crippen LogP contribution >= 0.6 is 0 Å². The summed E-state index contributed by atoms with van der Waals surface area (Å²) >= 11 is 0. The number of rotatable bonds is 5. The van der Waals surface area contributed by atoms with Crippen LogP contribution in [0.4, 0.5) is 18.9 Å². The lowest BCUT2D eigenvalue weighted by Gasteiger charge is -2.14. The molecule has 0 aromatic heterocycles. The van der Waals surface area contributed by atoms with E-state index in [0.29, 0.717) is 11.3 Å². The van der Waals surface area contributed by atoms with Gasteiger partial charge < -0.3 is 10.2 Å². The number of benzene rings is 2. The SMILES string of the molecule is COc1ccc(C(F)(F)F)cc1CNNc1ccccc1.